The third-order valence-electron chi connectivity index (χ3n) is 1.45. The third kappa shape index (κ3) is 4.13. The molecule has 0 radical (unpaired) electrons. The number of aliphatic hydroxyl groups is 3. The van der Waals surface area contributed by atoms with Crippen molar-refractivity contribution in [1.29, 1.82) is 0 Å². The summed E-state index contributed by atoms with van der Waals surface area (Å²) in [6.45, 7) is 2.59. The molecule has 0 aliphatic rings. The molecule has 0 amide bonds. The van der Waals surface area contributed by atoms with Crippen LogP contribution in [0.25, 0.3) is 0 Å². The first-order valence-corrected chi connectivity index (χ1v) is 3.81. The molecule has 0 aliphatic heterocycles. The highest BCUT2D eigenvalue weighted by molar-refractivity contribution is 5.81. The summed E-state index contributed by atoms with van der Waals surface area (Å²) in [6, 6.07) is 0. The van der Waals surface area contributed by atoms with Crippen molar-refractivity contribution >= 4 is 12.3 Å². The molecule has 0 aromatic rings. The van der Waals surface area contributed by atoms with Crippen molar-refractivity contribution in [3.8, 4) is 0 Å². The minimum Gasteiger partial charge on any atom is -0.460 e. The summed E-state index contributed by atoms with van der Waals surface area (Å²) in [5.74, 6) is -0.767. The monoisotopic (exact) mass is 204 g/mol. The van der Waals surface area contributed by atoms with Gasteiger partial charge in [-0.25, -0.2) is 4.79 Å². The summed E-state index contributed by atoms with van der Waals surface area (Å²) >= 11 is 0. The van der Waals surface area contributed by atoms with E-state index in [9.17, 15) is 9.59 Å². The molecule has 14 heavy (non-hydrogen) atoms. The Labute approximate surface area is 80.4 Å². The SMILES string of the molecule is C=CC(=O)OC[C@@H](O)[C@H](O)[C@@H](O)C=O. The highest BCUT2D eigenvalue weighted by atomic mass is 16.5. The first-order valence-electron chi connectivity index (χ1n) is 3.81. The fourth-order valence-corrected chi connectivity index (χ4v) is 0.633. The lowest BCUT2D eigenvalue weighted by atomic mass is 10.1. The van der Waals surface area contributed by atoms with Crippen LogP contribution in [-0.2, 0) is 14.3 Å². The molecule has 6 heteroatoms. The largest absolute Gasteiger partial charge is 0.460 e. The van der Waals surface area contributed by atoms with Crippen LogP contribution in [0.4, 0.5) is 0 Å². The van der Waals surface area contributed by atoms with Gasteiger partial charge >= 0.3 is 5.97 Å². The van der Waals surface area contributed by atoms with E-state index in [-0.39, 0.29) is 6.29 Å². The Morgan fingerprint density at radius 2 is 2.00 bits per heavy atom. The molecule has 0 saturated heterocycles. The second-order valence-electron chi connectivity index (χ2n) is 2.52. The molecule has 0 heterocycles. The maximum atomic E-state index is 10.5. The van der Waals surface area contributed by atoms with Crippen LogP contribution in [-0.4, -0.2) is 52.5 Å². The number of ether oxygens (including phenoxy) is 1. The van der Waals surface area contributed by atoms with Crippen molar-refractivity contribution in [3.05, 3.63) is 12.7 Å². The highest BCUT2D eigenvalue weighted by Crippen LogP contribution is 1.99. The first kappa shape index (κ1) is 12.8. The lowest BCUT2D eigenvalue weighted by Crippen LogP contribution is -2.41. The number of aldehydes is 1. The van der Waals surface area contributed by atoms with Crippen LogP contribution >= 0.6 is 0 Å². The molecule has 3 N–H and O–H groups in total. The molecule has 0 rings (SSSR count). The average molecular weight is 204 g/mol. The molecule has 0 spiro atoms. The first-order chi connectivity index (χ1) is 6.52. The molecule has 0 bridgehead atoms. The van der Waals surface area contributed by atoms with Crippen LogP contribution in [0.3, 0.4) is 0 Å². The van der Waals surface area contributed by atoms with E-state index in [1.807, 2.05) is 0 Å². The van der Waals surface area contributed by atoms with E-state index >= 15 is 0 Å². The summed E-state index contributed by atoms with van der Waals surface area (Å²) in [5, 5.41) is 26.9. The molecule has 0 aliphatic carbocycles. The van der Waals surface area contributed by atoms with Gasteiger partial charge < -0.3 is 24.9 Å². The molecule has 0 aromatic heterocycles. The van der Waals surface area contributed by atoms with Gasteiger partial charge in [-0.1, -0.05) is 6.58 Å². The topological polar surface area (TPSA) is 104 Å². The Bertz CT molecular complexity index is 214. The van der Waals surface area contributed by atoms with Gasteiger partial charge in [0.05, 0.1) is 0 Å². The van der Waals surface area contributed by atoms with Gasteiger partial charge in [-0.15, -0.1) is 0 Å². The van der Waals surface area contributed by atoms with Crippen molar-refractivity contribution in [2.45, 2.75) is 18.3 Å². The molecular weight excluding hydrogens is 192 g/mol. The number of carbonyl (C=O) groups is 2. The lowest BCUT2D eigenvalue weighted by Gasteiger charge is -2.18. The summed E-state index contributed by atoms with van der Waals surface area (Å²) in [5.41, 5.74) is 0. The van der Waals surface area contributed by atoms with Gasteiger partial charge in [0.25, 0.3) is 0 Å². The Morgan fingerprint density at radius 1 is 1.43 bits per heavy atom. The molecular formula is C8H12O6. The minimum atomic E-state index is -1.70. The zero-order valence-electron chi connectivity index (χ0n) is 7.37. The normalized spacial score (nSPS) is 16.5. The zero-order valence-corrected chi connectivity index (χ0v) is 7.37. The Morgan fingerprint density at radius 3 is 2.43 bits per heavy atom. The molecule has 80 valence electrons. The van der Waals surface area contributed by atoms with Gasteiger partial charge in [0.1, 0.15) is 24.9 Å². The van der Waals surface area contributed by atoms with Gasteiger partial charge in [-0.3, -0.25) is 0 Å². The van der Waals surface area contributed by atoms with E-state index in [1.54, 1.807) is 0 Å². The predicted octanol–water partition coefficient (Wildman–Crippen LogP) is -2.00. The lowest BCUT2D eigenvalue weighted by molar-refractivity contribution is -0.146. The number of hydrogen-bond donors (Lipinski definition) is 3. The Kier molecular flexibility index (Phi) is 5.70. The minimum absolute atomic E-state index is 0.0726. The standard InChI is InChI=1S/C8H12O6/c1-2-7(12)14-4-6(11)8(13)5(10)3-9/h2-3,5-6,8,10-11,13H,1,4H2/t5-,6+,8+/m0/s1. The van der Waals surface area contributed by atoms with E-state index in [0.717, 1.165) is 6.08 Å². The number of rotatable bonds is 6. The number of carbonyl (C=O) groups excluding carboxylic acids is 2. The molecule has 0 saturated carbocycles. The van der Waals surface area contributed by atoms with Crippen LogP contribution < -0.4 is 0 Å². The van der Waals surface area contributed by atoms with E-state index in [0.29, 0.717) is 0 Å². The fourth-order valence-electron chi connectivity index (χ4n) is 0.633. The van der Waals surface area contributed by atoms with Crippen molar-refractivity contribution in [1.82, 2.24) is 0 Å². The van der Waals surface area contributed by atoms with E-state index < -0.39 is 30.9 Å². The van der Waals surface area contributed by atoms with Gasteiger partial charge in [0.15, 0.2) is 6.29 Å². The predicted molar refractivity (Wildman–Crippen MR) is 45.2 cm³/mol. The molecule has 6 nitrogen and oxygen atoms in total. The Hall–Kier alpha value is -1.24. The second-order valence-corrected chi connectivity index (χ2v) is 2.52. The smallest absolute Gasteiger partial charge is 0.330 e. The van der Waals surface area contributed by atoms with Crippen LogP contribution in [0, 0.1) is 0 Å². The van der Waals surface area contributed by atoms with Gasteiger partial charge in [-0.05, 0) is 0 Å². The third-order valence-corrected chi connectivity index (χ3v) is 1.45. The zero-order chi connectivity index (χ0) is 11.1. The number of hydrogen-bond acceptors (Lipinski definition) is 6. The van der Waals surface area contributed by atoms with Gasteiger partial charge in [0.2, 0.25) is 0 Å². The van der Waals surface area contributed by atoms with E-state index in [1.165, 1.54) is 0 Å². The maximum absolute atomic E-state index is 10.5. The molecule has 3 atom stereocenters. The maximum Gasteiger partial charge on any atom is 0.330 e. The average Bonchev–Trinajstić information content (AvgIpc) is 2.22. The van der Waals surface area contributed by atoms with Gasteiger partial charge in [-0.2, -0.15) is 0 Å². The fraction of sp³-hybridized carbons (Fsp3) is 0.500. The summed E-state index contributed by atoms with van der Waals surface area (Å²) in [4.78, 5) is 20.5. The van der Waals surface area contributed by atoms with Crippen molar-refractivity contribution in [3.63, 3.8) is 0 Å². The van der Waals surface area contributed by atoms with Gasteiger partial charge in [0, 0.05) is 6.08 Å². The molecule has 0 aromatic carbocycles. The number of esters is 1. The van der Waals surface area contributed by atoms with Crippen molar-refractivity contribution < 1.29 is 29.6 Å². The summed E-state index contributed by atoms with van der Waals surface area (Å²) in [7, 11) is 0. The van der Waals surface area contributed by atoms with Crippen LogP contribution in [0.5, 0.6) is 0 Å². The highest BCUT2D eigenvalue weighted by Gasteiger charge is 2.24. The second kappa shape index (κ2) is 6.25. The van der Waals surface area contributed by atoms with Crippen LogP contribution in [0.2, 0.25) is 0 Å². The van der Waals surface area contributed by atoms with Crippen molar-refractivity contribution in [2.24, 2.45) is 0 Å². The summed E-state index contributed by atoms with van der Waals surface area (Å²) in [6.07, 6.45) is -3.94. The van der Waals surface area contributed by atoms with E-state index in [4.69, 9.17) is 15.3 Å². The van der Waals surface area contributed by atoms with Crippen LogP contribution in [0.15, 0.2) is 12.7 Å². The Balaban J connectivity index is 3.94. The van der Waals surface area contributed by atoms with Crippen LogP contribution in [0.1, 0.15) is 0 Å². The number of aliphatic hydroxyl groups excluding tert-OH is 3. The van der Waals surface area contributed by atoms with Crippen molar-refractivity contribution in [2.75, 3.05) is 6.61 Å². The van der Waals surface area contributed by atoms with E-state index in [2.05, 4.69) is 11.3 Å². The molecule has 0 unspecified atom stereocenters. The summed E-state index contributed by atoms with van der Waals surface area (Å²) < 4.78 is 4.37. The molecule has 0 fully saturated rings. The quantitative estimate of drug-likeness (QED) is 0.262.